The smallest absolute Gasteiger partial charge is 0.123 e. The number of ether oxygens (including phenoxy) is 1. The van der Waals surface area contributed by atoms with Gasteiger partial charge in [0.25, 0.3) is 0 Å². The average Bonchev–Trinajstić information content (AvgIpc) is 2.41. The minimum absolute atomic E-state index is 0.109. The molecule has 0 fully saturated rings. The van der Waals surface area contributed by atoms with Crippen molar-refractivity contribution in [2.24, 2.45) is 0 Å². The first kappa shape index (κ1) is 13.3. The molecule has 0 aliphatic carbocycles. The molecule has 1 nitrogen and oxygen atoms in total. The third kappa shape index (κ3) is 3.18. The zero-order valence-corrected chi connectivity index (χ0v) is 11.6. The van der Waals surface area contributed by atoms with Crippen LogP contribution in [-0.2, 0) is 6.42 Å². The van der Waals surface area contributed by atoms with Crippen LogP contribution in [-0.4, -0.2) is 7.11 Å². The summed E-state index contributed by atoms with van der Waals surface area (Å²) in [5.41, 5.74) is 2.17. The van der Waals surface area contributed by atoms with Crippen LogP contribution in [0.15, 0.2) is 48.5 Å². The van der Waals surface area contributed by atoms with Crippen molar-refractivity contribution in [3.63, 3.8) is 0 Å². The van der Waals surface area contributed by atoms with Gasteiger partial charge in [-0.2, -0.15) is 0 Å². The third-order valence-corrected chi connectivity index (χ3v) is 3.45. The number of hydrogen-bond donors (Lipinski definition) is 0. The summed E-state index contributed by atoms with van der Waals surface area (Å²) in [4.78, 5) is 0. The van der Waals surface area contributed by atoms with E-state index in [9.17, 15) is 0 Å². The molecule has 3 heteroatoms. The molecule has 0 saturated carbocycles. The molecule has 0 spiro atoms. The summed E-state index contributed by atoms with van der Waals surface area (Å²) in [7, 11) is 1.66. The Hall–Kier alpha value is -1.18. The maximum Gasteiger partial charge on any atom is 0.123 e. The molecule has 0 aliphatic heterocycles. The Labute approximate surface area is 117 Å². The standard InChI is InChI=1S/C15H14Cl2O/c1-18-15-5-3-2-4-13(15)14(17)10-11-6-8-12(16)9-7-11/h2-9,14H,10H2,1H3. The molecule has 0 radical (unpaired) electrons. The second-order valence-corrected chi connectivity index (χ2v) is 5.00. The van der Waals surface area contributed by atoms with Gasteiger partial charge in [-0.05, 0) is 30.2 Å². The molecule has 0 bridgehead atoms. The van der Waals surface area contributed by atoms with Crippen LogP contribution in [0.2, 0.25) is 5.02 Å². The van der Waals surface area contributed by atoms with E-state index in [1.54, 1.807) is 7.11 Å². The van der Waals surface area contributed by atoms with Gasteiger partial charge in [-0.15, -0.1) is 11.6 Å². The van der Waals surface area contributed by atoms with Crippen LogP contribution in [0.25, 0.3) is 0 Å². The Morgan fingerprint density at radius 1 is 1.06 bits per heavy atom. The fourth-order valence-corrected chi connectivity index (χ4v) is 2.35. The van der Waals surface area contributed by atoms with Crippen LogP contribution < -0.4 is 4.74 Å². The first-order valence-electron chi connectivity index (χ1n) is 5.72. The average molecular weight is 281 g/mol. The van der Waals surface area contributed by atoms with Crippen LogP contribution in [0.3, 0.4) is 0 Å². The van der Waals surface area contributed by atoms with E-state index in [2.05, 4.69) is 0 Å². The minimum Gasteiger partial charge on any atom is -0.496 e. The molecule has 0 saturated heterocycles. The molecule has 0 amide bonds. The van der Waals surface area contributed by atoms with Gasteiger partial charge >= 0.3 is 0 Å². The Bertz CT molecular complexity index is 508. The quantitative estimate of drug-likeness (QED) is 0.726. The Morgan fingerprint density at radius 2 is 1.72 bits per heavy atom. The van der Waals surface area contributed by atoms with Gasteiger partial charge in [0.05, 0.1) is 12.5 Å². The molecule has 0 aromatic heterocycles. The van der Waals surface area contributed by atoms with Gasteiger partial charge < -0.3 is 4.74 Å². The highest BCUT2D eigenvalue weighted by Crippen LogP contribution is 2.32. The molecule has 2 rings (SSSR count). The van der Waals surface area contributed by atoms with Gasteiger partial charge in [-0.3, -0.25) is 0 Å². The van der Waals surface area contributed by atoms with Gasteiger partial charge in [0, 0.05) is 10.6 Å². The molecule has 1 atom stereocenters. The fraction of sp³-hybridized carbons (Fsp3) is 0.200. The number of hydrogen-bond acceptors (Lipinski definition) is 1. The van der Waals surface area contributed by atoms with Gasteiger partial charge in [0.1, 0.15) is 5.75 Å². The van der Waals surface area contributed by atoms with Gasteiger partial charge in [-0.25, -0.2) is 0 Å². The van der Waals surface area contributed by atoms with E-state index in [4.69, 9.17) is 27.9 Å². The molecule has 94 valence electrons. The van der Waals surface area contributed by atoms with Crippen molar-refractivity contribution in [2.75, 3.05) is 7.11 Å². The maximum absolute atomic E-state index is 6.45. The summed E-state index contributed by atoms with van der Waals surface area (Å²) in [6, 6.07) is 15.6. The Morgan fingerprint density at radius 3 is 2.39 bits per heavy atom. The SMILES string of the molecule is COc1ccccc1C(Cl)Cc1ccc(Cl)cc1. The Kier molecular flexibility index (Phi) is 4.51. The predicted octanol–water partition coefficient (Wildman–Crippen LogP) is 4.87. The van der Waals surface area contributed by atoms with Crippen LogP contribution >= 0.6 is 23.2 Å². The lowest BCUT2D eigenvalue weighted by Crippen LogP contribution is -1.99. The fourth-order valence-electron chi connectivity index (χ4n) is 1.86. The van der Waals surface area contributed by atoms with Gasteiger partial charge in [-0.1, -0.05) is 41.9 Å². The number of methoxy groups -OCH3 is 1. The van der Waals surface area contributed by atoms with E-state index in [-0.39, 0.29) is 5.38 Å². The lowest BCUT2D eigenvalue weighted by Gasteiger charge is -2.13. The number of benzene rings is 2. The predicted molar refractivity (Wildman–Crippen MR) is 76.7 cm³/mol. The van der Waals surface area contributed by atoms with Crippen molar-refractivity contribution in [1.82, 2.24) is 0 Å². The topological polar surface area (TPSA) is 9.23 Å². The zero-order valence-electron chi connectivity index (χ0n) is 10.1. The first-order chi connectivity index (χ1) is 8.70. The molecule has 2 aromatic carbocycles. The summed E-state index contributed by atoms with van der Waals surface area (Å²) >= 11 is 12.3. The molecule has 0 heterocycles. The van der Waals surface area contributed by atoms with Gasteiger partial charge in [0.15, 0.2) is 0 Å². The zero-order chi connectivity index (χ0) is 13.0. The summed E-state index contributed by atoms with van der Waals surface area (Å²) < 4.78 is 5.32. The first-order valence-corrected chi connectivity index (χ1v) is 6.53. The van der Waals surface area contributed by atoms with E-state index in [1.165, 1.54) is 0 Å². The van der Waals surface area contributed by atoms with Crippen molar-refractivity contribution < 1.29 is 4.74 Å². The normalized spacial score (nSPS) is 12.2. The number of rotatable bonds is 4. The largest absolute Gasteiger partial charge is 0.496 e. The van der Waals surface area contributed by atoms with E-state index >= 15 is 0 Å². The van der Waals surface area contributed by atoms with Crippen LogP contribution in [0, 0.1) is 0 Å². The lowest BCUT2D eigenvalue weighted by atomic mass is 10.0. The van der Waals surface area contributed by atoms with Crippen LogP contribution in [0.4, 0.5) is 0 Å². The van der Waals surface area contributed by atoms with E-state index in [0.29, 0.717) is 0 Å². The summed E-state index contributed by atoms with van der Waals surface area (Å²) in [5, 5.41) is 0.629. The molecule has 1 unspecified atom stereocenters. The van der Waals surface area contributed by atoms with Crippen molar-refractivity contribution in [3.05, 3.63) is 64.7 Å². The number of alkyl halides is 1. The summed E-state index contributed by atoms with van der Waals surface area (Å²) in [5.74, 6) is 0.825. The molecular formula is C15H14Cl2O. The van der Waals surface area contributed by atoms with Crippen LogP contribution in [0.1, 0.15) is 16.5 Å². The van der Waals surface area contributed by atoms with E-state index in [0.717, 1.165) is 28.3 Å². The highest BCUT2D eigenvalue weighted by atomic mass is 35.5. The van der Waals surface area contributed by atoms with Crippen molar-refractivity contribution in [2.45, 2.75) is 11.8 Å². The monoisotopic (exact) mass is 280 g/mol. The summed E-state index contributed by atoms with van der Waals surface area (Å²) in [6.07, 6.45) is 0.749. The molecule has 18 heavy (non-hydrogen) atoms. The Balaban J connectivity index is 2.16. The second kappa shape index (κ2) is 6.12. The van der Waals surface area contributed by atoms with E-state index in [1.807, 2.05) is 48.5 Å². The minimum atomic E-state index is -0.109. The molecule has 0 aliphatic rings. The van der Waals surface area contributed by atoms with Crippen molar-refractivity contribution in [1.29, 1.82) is 0 Å². The van der Waals surface area contributed by atoms with Gasteiger partial charge in [0.2, 0.25) is 0 Å². The third-order valence-electron chi connectivity index (χ3n) is 2.80. The molecule has 0 N–H and O–H groups in total. The second-order valence-electron chi connectivity index (χ2n) is 4.04. The van der Waals surface area contributed by atoms with Crippen molar-refractivity contribution >= 4 is 23.2 Å². The molecular weight excluding hydrogens is 267 g/mol. The molecule has 2 aromatic rings. The summed E-state index contributed by atoms with van der Waals surface area (Å²) in [6.45, 7) is 0. The van der Waals surface area contributed by atoms with E-state index < -0.39 is 0 Å². The maximum atomic E-state index is 6.45. The number of halogens is 2. The number of para-hydroxylation sites is 1. The van der Waals surface area contributed by atoms with Crippen LogP contribution in [0.5, 0.6) is 5.75 Å². The highest BCUT2D eigenvalue weighted by molar-refractivity contribution is 6.30. The lowest BCUT2D eigenvalue weighted by molar-refractivity contribution is 0.409. The van der Waals surface area contributed by atoms with Crippen molar-refractivity contribution in [3.8, 4) is 5.75 Å². The highest BCUT2D eigenvalue weighted by Gasteiger charge is 2.13.